The molecule has 1 aromatic carbocycles. The molecule has 2 heterocycles. The summed E-state index contributed by atoms with van der Waals surface area (Å²) in [5.41, 5.74) is 0.744. The van der Waals surface area contributed by atoms with Crippen LogP contribution in [-0.2, 0) is 6.42 Å². The molecule has 2 aromatic rings. The van der Waals surface area contributed by atoms with Crippen molar-refractivity contribution in [3.8, 4) is 11.5 Å². The van der Waals surface area contributed by atoms with E-state index in [1.807, 2.05) is 18.2 Å². The summed E-state index contributed by atoms with van der Waals surface area (Å²) in [6, 6.07) is 7.55. The Morgan fingerprint density at radius 1 is 1.29 bits per heavy atom. The van der Waals surface area contributed by atoms with Crippen LogP contribution in [0.2, 0.25) is 5.02 Å². The predicted molar refractivity (Wildman–Crippen MR) is 87.7 cm³/mol. The molecule has 0 amide bonds. The number of aliphatic hydroxyl groups is 1. The van der Waals surface area contributed by atoms with E-state index in [1.54, 1.807) is 17.4 Å². The minimum Gasteiger partial charge on any atom is -0.489 e. The molecule has 0 spiro atoms. The van der Waals surface area contributed by atoms with Gasteiger partial charge in [-0.15, -0.1) is 11.3 Å². The first kappa shape index (κ1) is 15.2. The van der Waals surface area contributed by atoms with E-state index in [-0.39, 0.29) is 0 Å². The van der Waals surface area contributed by atoms with E-state index in [2.05, 4.69) is 15.9 Å². The van der Waals surface area contributed by atoms with Crippen molar-refractivity contribution in [1.29, 1.82) is 0 Å². The second-order valence-electron chi connectivity index (χ2n) is 4.81. The Morgan fingerprint density at radius 2 is 2.10 bits per heavy atom. The molecular weight excluding hydrogens is 376 g/mol. The molecule has 3 rings (SSSR count). The van der Waals surface area contributed by atoms with Crippen LogP contribution in [0.5, 0.6) is 11.5 Å². The minimum absolute atomic E-state index is 0.482. The van der Waals surface area contributed by atoms with Crippen molar-refractivity contribution in [2.75, 3.05) is 13.2 Å². The van der Waals surface area contributed by atoms with Crippen molar-refractivity contribution in [3.63, 3.8) is 0 Å². The molecule has 3 nitrogen and oxygen atoms in total. The molecule has 1 aromatic heterocycles. The van der Waals surface area contributed by atoms with Crippen LogP contribution >= 0.6 is 38.9 Å². The summed E-state index contributed by atoms with van der Waals surface area (Å²) in [5.74, 6) is 1.19. The maximum absolute atomic E-state index is 10.4. The van der Waals surface area contributed by atoms with Gasteiger partial charge in [-0.25, -0.2) is 0 Å². The third kappa shape index (κ3) is 3.54. The molecule has 1 aliphatic rings. The van der Waals surface area contributed by atoms with Gasteiger partial charge in [0.2, 0.25) is 0 Å². The normalized spacial score (nSPS) is 15.6. The van der Waals surface area contributed by atoms with Crippen molar-refractivity contribution in [1.82, 2.24) is 0 Å². The predicted octanol–water partition coefficient (Wildman–Crippen LogP) is 4.60. The molecule has 1 unspecified atom stereocenters. The number of rotatable bonds is 3. The standard InChI is InChI=1S/C15H14BrClO3S/c16-14-3-2-10(21-14)8-12(18)9-6-11(17)15-13(7-9)19-4-1-5-20-15/h2-3,6-7,12,18H,1,4-5,8H2. The second kappa shape index (κ2) is 6.57. The van der Waals surface area contributed by atoms with Gasteiger partial charge in [0.25, 0.3) is 0 Å². The lowest BCUT2D eigenvalue weighted by Crippen LogP contribution is -2.02. The monoisotopic (exact) mass is 388 g/mol. The van der Waals surface area contributed by atoms with E-state index in [0.29, 0.717) is 36.2 Å². The van der Waals surface area contributed by atoms with Gasteiger partial charge in [0.15, 0.2) is 11.5 Å². The van der Waals surface area contributed by atoms with Gasteiger partial charge < -0.3 is 14.6 Å². The Balaban J connectivity index is 1.84. The summed E-state index contributed by atoms with van der Waals surface area (Å²) in [6.45, 7) is 1.19. The number of halogens is 2. The Labute approximate surface area is 140 Å². The molecule has 21 heavy (non-hydrogen) atoms. The van der Waals surface area contributed by atoms with Gasteiger partial charge in [0.1, 0.15) is 0 Å². The Hall–Kier alpha value is -0.750. The molecule has 0 saturated heterocycles. The molecular formula is C15H14BrClO3S. The van der Waals surface area contributed by atoms with Gasteiger partial charge in [0, 0.05) is 17.7 Å². The average molecular weight is 390 g/mol. The summed E-state index contributed by atoms with van der Waals surface area (Å²) in [5, 5.41) is 10.9. The molecule has 6 heteroatoms. The van der Waals surface area contributed by atoms with E-state index in [9.17, 15) is 5.11 Å². The quantitative estimate of drug-likeness (QED) is 0.833. The number of thiophene rings is 1. The SMILES string of the molecule is OC(Cc1ccc(Br)s1)c1cc(Cl)c2c(c1)OCCCO2. The first-order valence-corrected chi connectivity index (χ1v) is 8.63. The van der Waals surface area contributed by atoms with Crippen LogP contribution in [0.1, 0.15) is 23.0 Å². The van der Waals surface area contributed by atoms with Gasteiger partial charge in [-0.05, 0) is 45.8 Å². The van der Waals surface area contributed by atoms with Crippen LogP contribution < -0.4 is 9.47 Å². The van der Waals surface area contributed by atoms with Crippen LogP contribution in [0, 0.1) is 0 Å². The van der Waals surface area contributed by atoms with E-state index in [4.69, 9.17) is 21.1 Å². The van der Waals surface area contributed by atoms with E-state index in [0.717, 1.165) is 20.6 Å². The van der Waals surface area contributed by atoms with Crippen LogP contribution in [0.25, 0.3) is 0 Å². The van der Waals surface area contributed by atoms with E-state index < -0.39 is 6.10 Å². The number of benzene rings is 1. The molecule has 0 fully saturated rings. The zero-order valence-corrected chi connectivity index (χ0v) is 14.3. The van der Waals surface area contributed by atoms with Crippen LogP contribution in [0.15, 0.2) is 28.1 Å². The largest absolute Gasteiger partial charge is 0.489 e. The van der Waals surface area contributed by atoms with Crippen molar-refractivity contribution >= 4 is 38.9 Å². The van der Waals surface area contributed by atoms with Crippen LogP contribution in [-0.4, -0.2) is 18.3 Å². The molecule has 0 saturated carbocycles. The van der Waals surface area contributed by atoms with Crippen molar-refractivity contribution in [2.24, 2.45) is 0 Å². The lowest BCUT2D eigenvalue weighted by Gasteiger charge is -2.15. The number of fused-ring (bicyclic) bond motifs is 1. The van der Waals surface area contributed by atoms with Gasteiger partial charge >= 0.3 is 0 Å². The summed E-state index contributed by atoms with van der Waals surface area (Å²) >= 11 is 11.3. The topological polar surface area (TPSA) is 38.7 Å². The fourth-order valence-electron chi connectivity index (χ4n) is 2.21. The molecule has 0 bridgehead atoms. The minimum atomic E-state index is -0.620. The van der Waals surface area contributed by atoms with E-state index in [1.165, 1.54) is 0 Å². The fraction of sp³-hybridized carbons (Fsp3) is 0.333. The van der Waals surface area contributed by atoms with Crippen molar-refractivity contribution in [3.05, 3.63) is 43.5 Å². The summed E-state index contributed by atoms with van der Waals surface area (Å²) < 4.78 is 12.3. The first-order valence-electron chi connectivity index (χ1n) is 6.65. The number of hydrogen-bond acceptors (Lipinski definition) is 4. The molecule has 1 aliphatic heterocycles. The Bertz CT molecular complexity index is 644. The van der Waals surface area contributed by atoms with Crippen LogP contribution in [0.3, 0.4) is 0 Å². The Morgan fingerprint density at radius 3 is 2.86 bits per heavy atom. The maximum atomic E-state index is 10.4. The highest BCUT2D eigenvalue weighted by atomic mass is 79.9. The van der Waals surface area contributed by atoms with Crippen molar-refractivity contribution in [2.45, 2.75) is 18.9 Å². The summed E-state index contributed by atoms with van der Waals surface area (Å²) in [7, 11) is 0. The highest BCUT2D eigenvalue weighted by Gasteiger charge is 2.19. The number of ether oxygens (including phenoxy) is 2. The number of aliphatic hydroxyl groups excluding tert-OH is 1. The second-order valence-corrected chi connectivity index (χ2v) is 7.76. The maximum Gasteiger partial charge on any atom is 0.179 e. The number of hydrogen-bond donors (Lipinski definition) is 1. The van der Waals surface area contributed by atoms with Gasteiger partial charge in [-0.1, -0.05) is 11.6 Å². The van der Waals surface area contributed by atoms with Gasteiger partial charge in [-0.3, -0.25) is 0 Å². The van der Waals surface area contributed by atoms with Crippen molar-refractivity contribution < 1.29 is 14.6 Å². The molecule has 0 radical (unpaired) electrons. The average Bonchev–Trinajstić information content (AvgIpc) is 2.72. The third-order valence-corrected chi connectivity index (χ3v) is 5.16. The first-order chi connectivity index (χ1) is 10.1. The molecule has 112 valence electrons. The molecule has 1 atom stereocenters. The van der Waals surface area contributed by atoms with Gasteiger partial charge in [0.05, 0.1) is 28.1 Å². The smallest absolute Gasteiger partial charge is 0.179 e. The lowest BCUT2D eigenvalue weighted by molar-refractivity contribution is 0.179. The molecule has 0 aliphatic carbocycles. The van der Waals surface area contributed by atoms with Gasteiger partial charge in [-0.2, -0.15) is 0 Å². The highest BCUT2D eigenvalue weighted by molar-refractivity contribution is 9.11. The zero-order valence-electron chi connectivity index (χ0n) is 11.1. The highest BCUT2D eigenvalue weighted by Crippen LogP contribution is 2.40. The summed E-state index contributed by atoms with van der Waals surface area (Å²) in [6.07, 6.45) is 0.753. The lowest BCUT2D eigenvalue weighted by atomic mass is 10.1. The Kier molecular flexibility index (Phi) is 4.74. The van der Waals surface area contributed by atoms with Crippen LogP contribution in [0.4, 0.5) is 0 Å². The fourth-order valence-corrected chi connectivity index (χ4v) is 4.01. The van der Waals surface area contributed by atoms with E-state index >= 15 is 0 Å². The molecule has 1 N–H and O–H groups in total. The third-order valence-electron chi connectivity index (χ3n) is 3.23. The summed E-state index contributed by atoms with van der Waals surface area (Å²) in [4.78, 5) is 1.11. The zero-order chi connectivity index (χ0) is 14.8.